The average Bonchev–Trinajstić information content (AvgIpc) is 2.93. The molecule has 0 aliphatic carbocycles. The molecule has 3 aromatic rings. The molecule has 0 fully saturated rings. The summed E-state index contributed by atoms with van der Waals surface area (Å²) in [5, 5.41) is 8.49. The number of carbonyl (C=O) groups is 1. The molecule has 0 bridgehead atoms. The van der Waals surface area contributed by atoms with E-state index in [9.17, 15) is 4.79 Å². The summed E-state index contributed by atoms with van der Waals surface area (Å²) < 4.78 is 1.89. The number of fused-ring (bicyclic) bond motifs is 1. The fourth-order valence-corrected chi connectivity index (χ4v) is 3.69. The van der Waals surface area contributed by atoms with Gasteiger partial charge in [0.1, 0.15) is 6.17 Å². The van der Waals surface area contributed by atoms with Gasteiger partial charge in [-0.2, -0.15) is 5.10 Å². The normalized spacial score (nSPS) is 16.4. The first kappa shape index (κ1) is 16.7. The van der Waals surface area contributed by atoms with E-state index >= 15 is 0 Å². The first-order valence-corrected chi connectivity index (χ1v) is 8.80. The van der Waals surface area contributed by atoms with E-state index < -0.39 is 0 Å². The van der Waals surface area contributed by atoms with Crippen molar-refractivity contribution in [2.45, 2.75) is 20.0 Å². The zero-order valence-electron chi connectivity index (χ0n) is 14.8. The van der Waals surface area contributed by atoms with Gasteiger partial charge in [0.05, 0.1) is 22.6 Å². The zero-order chi connectivity index (χ0) is 18.4. The van der Waals surface area contributed by atoms with Crippen molar-refractivity contribution in [1.82, 2.24) is 15.1 Å². The van der Waals surface area contributed by atoms with Crippen LogP contribution in [0, 0.1) is 13.8 Å². The smallest absolute Gasteiger partial charge is 0.255 e. The van der Waals surface area contributed by atoms with Crippen molar-refractivity contribution in [2.75, 3.05) is 11.9 Å². The van der Waals surface area contributed by atoms with Crippen LogP contribution in [0.1, 0.15) is 33.5 Å². The fourth-order valence-electron chi connectivity index (χ4n) is 3.56. The summed E-state index contributed by atoms with van der Waals surface area (Å²) in [6.45, 7) is 3.99. The number of aryl methyl sites for hydroxylation is 1. The number of nitrogens with zero attached hydrogens (tertiary/aromatic N) is 3. The lowest BCUT2D eigenvalue weighted by Gasteiger charge is -2.36. The molecule has 2 heterocycles. The molecule has 1 aromatic heterocycles. The van der Waals surface area contributed by atoms with E-state index in [2.05, 4.69) is 10.2 Å². The third-order valence-corrected chi connectivity index (χ3v) is 5.13. The average molecular weight is 367 g/mol. The molecule has 2 aromatic carbocycles. The van der Waals surface area contributed by atoms with Crippen molar-refractivity contribution in [3.63, 3.8) is 0 Å². The molecule has 1 N–H and O–H groups in total. The van der Waals surface area contributed by atoms with Crippen molar-refractivity contribution in [3.8, 4) is 5.69 Å². The van der Waals surface area contributed by atoms with E-state index in [0.717, 1.165) is 28.3 Å². The summed E-state index contributed by atoms with van der Waals surface area (Å²) in [6.07, 6.45) is -0.265. The number of rotatable bonds is 2. The number of amides is 1. The summed E-state index contributed by atoms with van der Waals surface area (Å²) in [7, 11) is 1.99. The molecule has 4 rings (SSSR count). The fraction of sp³-hybridized carbons (Fsp3) is 0.200. The van der Waals surface area contributed by atoms with E-state index in [1.165, 1.54) is 0 Å². The maximum absolute atomic E-state index is 12.6. The minimum atomic E-state index is -0.265. The van der Waals surface area contributed by atoms with Gasteiger partial charge in [-0.3, -0.25) is 4.79 Å². The SMILES string of the molecule is Cc1nn(-c2ccc(Cl)cc2)c(C)c1[C@H]1NC(=O)c2ccccc2N1C. The highest BCUT2D eigenvalue weighted by molar-refractivity contribution is 6.30. The minimum absolute atomic E-state index is 0.0678. The number of anilines is 1. The van der Waals surface area contributed by atoms with Crippen LogP contribution in [0.25, 0.3) is 5.69 Å². The van der Waals surface area contributed by atoms with Gasteiger partial charge in [-0.25, -0.2) is 4.68 Å². The molecule has 132 valence electrons. The Labute approximate surface area is 157 Å². The van der Waals surface area contributed by atoms with E-state index in [1.54, 1.807) is 0 Å². The third-order valence-electron chi connectivity index (χ3n) is 4.88. The summed E-state index contributed by atoms with van der Waals surface area (Å²) in [5.74, 6) is -0.0678. The molecule has 5 nitrogen and oxygen atoms in total. The van der Waals surface area contributed by atoms with E-state index in [4.69, 9.17) is 16.7 Å². The van der Waals surface area contributed by atoms with Crippen LogP contribution in [0.5, 0.6) is 0 Å². The molecule has 1 aliphatic rings. The lowest BCUT2D eigenvalue weighted by atomic mass is 10.0. The van der Waals surface area contributed by atoms with Gasteiger partial charge >= 0.3 is 0 Å². The first-order chi connectivity index (χ1) is 12.5. The topological polar surface area (TPSA) is 50.2 Å². The van der Waals surface area contributed by atoms with E-state index in [-0.39, 0.29) is 12.1 Å². The van der Waals surface area contributed by atoms with Gasteiger partial charge in [0.15, 0.2) is 0 Å². The van der Waals surface area contributed by atoms with Crippen LogP contribution < -0.4 is 10.2 Å². The molecule has 0 saturated carbocycles. The Morgan fingerprint density at radius 2 is 1.77 bits per heavy atom. The molecule has 1 amide bonds. The highest BCUT2D eigenvalue weighted by Crippen LogP contribution is 2.34. The maximum atomic E-state index is 12.6. The molecule has 6 heteroatoms. The molecule has 0 spiro atoms. The van der Waals surface area contributed by atoms with Crippen molar-refractivity contribution < 1.29 is 4.79 Å². The van der Waals surface area contributed by atoms with Crippen LogP contribution in [-0.2, 0) is 0 Å². The molecule has 1 aliphatic heterocycles. The monoisotopic (exact) mass is 366 g/mol. The number of para-hydroxylation sites is 1. The molecule has 26 heavy (non-hydrogen) atoms. The van der Waals surface area contributed by atoms with Crippen LogP contribution in [-0.4, -0.2) is 22.7 Å². The van der Waals surface area contributed by atoms with Crippen LogP contribution >= 0.6 is 11.6 Å². The second kappa shape index (κ2) is 6.18. The second-order valence-electron chi connectivity index (χ2n) is 6.48. The van der Waals surface area contributed by atoms with Gasteiger partial charge in [0.2, 0.25) is 0 Å². The minimum Gasteiger partial charge on any atom is -0.350 e. The van der Waals surface area contributed by atoms with Crippen molar-refractivity contribution in [2.24, 2.45) is 0 Å². The Morgan fingerprint density at radius 3 is 2.50 bits per heavy atom. The predicted molar refractivity (Wildman–Crippen MR) is 103 cm³/mol. The lowest BCUT2D eigenvalue weighted by Crippen LogP contribution is -2.45. The molecule has 0 radical (unpaired) electrons. The Bertz CT molecular complexity index is 994. The Morgan fingerprint density at radius 1 is 1.08 bits per heavy atom. The van der Waals surface area contributed by atoms with Gasteiger partial charge in [0.25, 0.3) is 5.91 Å². The molecular formula is C20H19ClN4O. The van der Waals surface area contributed by atoms with E-state index in [1.807, 2.05) is 74.1 Å². The van der Waals surface area contributed by atoms with Gasteiger partial charge in [-0.05, 0) is 50.2 Å². The van der Waals surface area contributed by atoms with Gasteiger partial charge in [0, 0.05) is 23.3 Å². The highest BCUT2D eigenvalue weighted by atomic mass is 35.5. The van der Waals surface area contributed by atoms with Crippen molar-refractivity contribution in [3.05, 3.63) is 76.1 Å². The van der Waals surface area contributed by atoms with Crippen molar-refractivity contribution >= 4 is 23.2 Å². The van der Waals surface area contributed by atoms with Gasteiger partial charge in [-0.1, -0.05) is 23.7 Å². The molecule has 0 unspecified atom stereocenters. The zero-order valence-corrected chi connectivity index (χ0v) is 15.6. The molecular weight excluding hydrogens is 348 g/mol. The molecule has 1 atom stereocenters. The van der Waals surface area contributed by atoms with Crippen LogP contribution in [0.3, 0.4) is 0 Å². The number of hydrogen-bond donors (Lipinski definition) is 1. The first-order valence-electron chi connectivity index (χ1n) is 8.42. The van der Waals surface area contributed by atoms with Gasteiger partial charge < -0.3 is 10.2 Å². The second-order valence-corrected chi connectivity index (χ2v) is 6.91. The number of benzene rings is 2. The van der Waals surface area contributed by atoms with Gasteiger partial charge in [-0.15, -0.1) is 0 Å². The summed E-state index contributed by atoms with van der Waals surface area (Å²) in [5.41, 5.74) is 5.41. The van der Waals surface area contributed by atoms with Crippen molar-refractivity contribution in [1.29, 1.82) is 0 Å². The Kier molecular flexibility index (Phi) is 3.96. The number of halogens is 1. The Balaban J connectivity index is 1.80. The van der Waals surface area contributed by atoms with Crippen LogP contribution in [0.4, 0.5) is 5.69 Å². The predicted octanol–water partition coefficient (Wildman–Crippen LogP) is 4.02. The highest BCUT2D eigenvalue weighted by Gasteiger charge is 2.32. The largest absolute Gasteiger partial charge is 0.350 e. The Hall–Kier alpha value is -2.79. The summed E-state index contributed by atoms with van der Waals surface area (Å²) in [6, 6.07) is 15.2. The number of aromatic nitrogens is 2. The van der Waals surface area contributed by atoms with Crippen LogP contribution in [0.2, 0.25) is 5.02 Å². The summed E-state index contributed by atoms with van der Waals surface area (Å²) >= 11 is 6.00. The van der Waals surface area contributed by atoms with Crippen LogP contribution in [0.15, 0.2) is 48.5 Å². The number of nitrogens with one attached hydrogen (secondary N) is 1. The number of hydrogen-bond acceptors (Lipinski definition) is 3. The summed E-state index contributed by atoms with van der Waals surface area (Å²) in [4.78, 5) is 14.7. The third kappa shape index (κ3) is 2.56. The molecule has 0 saturated heterocycles. The lowest BCUT2D eigenvalue weighted by molar-refractivity contribution is 0.0928. The van der Waals surface area contributed by atoms with E-state index in [0.29, 0.717) is 10.6 Å². The number of carbonyl (C=O) groups excluding carboxylic acids is 1. The standard InChI is InChI=1S/C20H19ClN4O/c1-12-18(13(2)25(23-12)15-10-8-14(21)9-11-15)19-22-20(26)16-6-4-5-7-17(16)24(19)3/h4-11,19H,1-3H3,(H,22,26)/t19-/m0/s1. The quantitative estimate of drug-likeness (QED) is 0.745. The maximum Gasteiger partial charge on any atom is 0.255 e.